The highest BCUT2D eigenvalue weighted by Gasteiger charge is 2.38. The summed E-state index contributed by atoms with van der Waals surface area (Å²) in [6.07, 6.45) is 8.22. The second-order valence-corrected chi connectivity index (χ2v) is 15.4. The standard InChI is InChI=1S/C40H63N7O7/c1-29(2)13-12-18-34(48)36(31-16-10-7-11-17-31)43-37(49)33(26-32-27-41-28-42-32)46(5)38(50)35(25-30-14-8-6-9-15-30)54-40(52)45(4)20-19-44(3)39(51)47-21-23-53-24-22-47/h6,8-9,14-15,27-29,31,33-36,48H,7,10-13,16-26H2,1-5H3,(H,41,42)(H,43,49)/t33-,34-,35-,36?/m0/s1. The van der Waals surface area contributed by atoms with Crippen LogP contribution >= 0.6 is 0 Å². The molecule has 5 amide bonds. The number of amides is 5. The lowest BCUT2D eigenvalue weighted by molar-refractivity contribution is -0.146. The van der Waals surface area contributed by atoms with Crippen LogP contribution in [0.2, 0.25) is 0 Å². The molecular weight excluding hydrogens is 690 g/mol. The van der Waals surface area contributed by atoms with Crippen LogP contribution in [0.3, 0.4) is 0 Å². The number of aliphatic hydroxyl groups is 1. The Bertz CT molecular complexity index is 1430. The first-order valence-corrected chi connectivity index (χ1v) is 19.7. The van der Waals surface area contributed by atoms with E-state index in [-0.39, 0.29) is 43.8 Å². The maximum Gasteiger partial charge on any atom is 0.410 e. The minimum Gasteiger partial charge on any atom is -0.436 e. The Labute approximate surface area is 320 Å². The van der Waals surface area contributed by atoms with Crippen molar-refractivity contribution < 1.29 is 33.8 Å². The van der Waals surface area contributed by atoms with E-state index < -0.39 is 36.3 Å². The molecule has 300 valence electrons. The molecule has 0 spiro atoms. The smallest absolute Gasteiger partial charge is 0.410 e. The molecule has 1 aliphatic heterocycles. The van der Waals surface area contributed by atoms with Gasteiger partial charge >= 0.3 is 12.1 Å². The molecule has 4 rings (SSSR count). The molecule has 3 N–H and O–H groups in total. The van der Waals surface area contributed by atoms with Crippen LogP contribution in [0.4, 0.5) is 9.59 Å². The maximum absolute atomic E-state index is 14.4. The molecule has 1 aromatic carbocycles. The molecule has 1 unspecified atom stereocenters. The summed E-state index contributed by atoms with van der Waals surface area (Å²) in [5.41, 5.74) is 1.44. The van der Waals surface area contributed by atoms with Gasteiger partial charge in [0.1, 0.15) is 6.04 Å². The molecular formula is C40H63N7O7. The highest BCUT2D eigenvalue weighted by atomic mass is 16.6. The number of ether oxygens (including phenoxy) is 2. The quantitative estimate of drug-likeness (QED) is 0.205. The number of aromatic amines is 1. The average Bonchev–Trinajstić information content (AvgIpc) is 3.71. The maximum atomic E-state index is 14.4. The molecule has 2 fully saturated rings. The first-order chi connectivity index (χ1) is 25.9. The van der Waals surface area contributed by atoms with Crippen LogP contribution in [0.25, 0.3) is 0 Å². The second kappa shape index (κ2) is 21.7. The van der Waals surface area contributed by atoms with Gasteiger partial charge in [-0.2, -0.15) is 0 Å². The van der Waals surface area contributed by atoms with Crippen LogP contribution in [-0.4, -0.2) is 143 Å². The number of aromatic nitrogens is 2. The van der Waals surface area contributed by atoms with Crippen LogP contribution in [0.5, 0.6) is 0 Å². The van der Waals surface area contributed by atoms with Crippen molar-refractivity contribution in [3.63, 3.8) is 0 Å². The number of benzene rings is 1. The number of hydrogen-bond acceptors (Lipinski definition) is 8. The summed E-state index contributed by atoms with van der Waals surface area (Å²) >= 11 is 0. The molecule has 14 heteroatoms. The van der Waals surface area contributed by atoms with Crippen molar-refractivity contribution in [2.24, 2.45) is 11.8 Å². The molecule has 1 saturated carbocycles. The number of imidazole rings is 1. The van der Waals surface area contributed by atoms with Gasteiger partial charge in [-0.3, -0.25) is 9.59 Å². The Morgan fingerprint density at radius 3 is 2.31 bits per heavy atom. The summed E-state index contributed by atoms with van der Waals surface area (Å²) in [6, 6.07) is 7.70. The lowest BCUT2D eigenvalue weighted by atomic mass is 9.80. The zero-order chi connectivity index (χ0) is 39.0. The van der Waals surface area contributed by atoms with Gasteiger partial charge in [0.25, 0.3) is 5.91 Å². The minimum absolute atomic E-state index is 0.0939. The Kier molecular flexibility index (Phi) is 17.1. The molecule has 0 radical (unpaired) electrons. The molecule has 1 aromatic heterocycles. The molecule has 4 atom stereocenters. The summed E-state index contributed by atoms with van der Waals surface area (Å²) in [4.78, 5) is 68.4. The highest BCUT2D eigenvalue weighted by Crippen LogP contribution is 2.29. The van der Waals surface area contributed by atoms with E-state index in [4.69, 9.17) is 9.47 Å². The van der Waals surface area contributed by atoms with E-state index in [9.17, 15) is 24.3 Å². The van der Waals surface area contributed by atoms with Crippen molar-refractivity contribution in [1.29, 1.82) is 0 Å². The molecule has 2 heterocycles. The fraction of sp³-hybridized carbons (Fsp3) is 0.675. The summed E-state index contributed by atoms with van der Waals surface area (Å²) in [7, 11) is 4.80. The van der Waals surface area contributed by atoms with E-state index >= 15 is 0 Å². The zero-order valence-electron chi connectivity index (χ0n) is 33.0. The molecule has 2 aromatic rings. The van der Waals surface area contributed by atoms with Crippen molar-refractivity contribution in [3.8, 4) is 0 Å². The molecule has 1 aliphatic carbocycles. The highest BCUT2D eigenvalue weighted by molar-refractivity contribution is 5.90. The summed E-state index contributed by atoms with van der Waals surface area (Å²) in [6.45, 7) is 6.77. The SMILES string of the molecule is CC(C)CCC[C@H](O)C(NC(=O)[C@H](Cc1cnc[nH]1)N(C)C(=O)[C@H](Cc1ccccc1)OC(=O)N(C)CCN(C)C(=O)N1CCOCC1)C1CCCCC1. The van der Waals surface area contributed by atoms with Crippen molar-refractivity contribution >= 4 is 23.9 Å². The van der Waals surface area contributed by atoms with Crippen molar-refractivity contribution in [1.82, 2.24) is 34.9 Å². The average molecular weight is 754 g/mol. The van der Waals surface area contributed by atoms with Crippen molar-refractivity contribution in [3.05, 3.63) is 54.1 Å². The predicted octanol–water partition coefficient (Wildman–Crippen LogP) is 4.10. The minimum atomic E-state index is -1.24. The monoisotopic (exact) mass is 753 g/mol. The van der Waals surface area contributed by atoms with Crippen molar-refractivity contribution in [2.45, 2.75) is 102 Å². The van der Waals surface area contributed by atoms with Gasteiger partial charge in [-0.25, -0.2) is 14.6 Å². The number of likely N-dealkylation sites (N-methyl/N-ethyl adjacent to an activating group) is 3. The number of urea groups is 1. The van der Waals surface area contributed by atoms with Gasteiger partial charge in [-0.1, -0.05) is 76.3 Å². The molecule has 54 heavy (non-hydrogen) atoms. The normalized spacial score (nSPS) is 17.3. The van der Waals surface area contributed by atoms with Crippen LogP contribution in [0, 0.1) is 11.8 Å². The van der Waals surface area contributed by atoms with E-state index in [1.807, 2.05) is 30.3 Å². The summed E-state index contributed by atoms with van der Waals surface area (Å²) < 4.78 is 11.3. The number of rotatable bonds is 18. The van der Waals surface area contributed by atoms with Crippen molar-refractivity contribution in [2.75, 3.05) is 60.5 Å². The second-order valence-electron chi connectivity index (χ2n) is 15.4. The number of H-pyrrole nitrogens is 1. The van der Waals surface area contributed by atoms with Gasteiger partial charge in [0, 0.05) is 72.1 Å². The van der Waals surface area contributed by atoms with Crippen LogP contribution in [0.15, 0.2) is 42.9 Å². The molecule has 2 aliphatic rings. The van der Waals surface area contributed by atoms with Crippen LogP contribution in [-0.2, 0) is 31.9 Å². The molecule has 1 saturated heterocycles. The third kappa shape index (κ3) is 13.0. The number of morpholine rings is 1. The van der Waals surface area contributed by atoms with E-state index in [0.717, 1.165) is 50.5 Å². The van der Waals surface area contributed by atoms with Gasteiger partial charge in [-0.05, 0) is 36.7 Å². The number of nitrogens with one attached hydrogen (secondary N) is 2. The molecule has 14 nitrogen and oxygen atoms in total. The first-order valence-electron chi connectivity index (χ1n) is 19.7. The fourth-order valence-electron chi connectivity index (χ4n) is 7.29. The third-order valence-electron chi connectivity index (χ3n) is 10.7. The number of carbonyl (C=O) groups is 4. The van der Waals surface area contributed by atoms with Gasteiger partial charge in [0.2, 0.25) is 5.91 Å². The lowest BCUT2D eigenvalue weighted by Crippen LogP contribution is -2.57. The van der Waals surface area contributed by atoms with Gasteiger partial charge < -0.3 is 44.5 Å². The Morgan fingerprint density at radius 2 is 1.67 bits per heavy atom. The Balaban J connectivity index is 1.51. The summed E-state index contributed by atoms with van der Waals surface area (Å²) in [5, 5.41) is 14.7. The first kappa shape index (κ1) is 42.6. The van der Waals surface area contributed by atoms with E-state index in [0.29, 0.717) is 44.3 Å². The largest absolute Gasteiger partial charge is 0.436 e. The Morgan fingerprint density at radius 1 is 0.981 bits per heavy atom. The lowest BCUT2D eigenvalue weighted by Gasteiger charge is -2.37. The van der Waals surface area contributed by atoms with E-state index in [1.54, 1.807) is 37.1 Å². The van der Waals surface area contributed by atoms with Gasteiger partial charge in [0.05, 0.1) is 31.7 Å². The zero-order valence-corrected chi connectivity index (χ0v) is 33.0. The van der Waals surface area contributed by atoms with Crippen LogP contribution < -0.4 is 5.32 Å². The number of hydrogen-bond donors (Lipinski definition) is 3. The number of aliphatic hydroxyl groups excluding tert-OH is 1. The molecule has 0 bridgehead atoms. The fourth-order valence-corrected chi connectivity index (χ4v) is 7.29. The van der Waals surface area contributed by atoms with Gasteiger partial charge in [-0.15, -0.1) is 0 Å². The van der Waals surface area contributed by atoms with Crippen LogP contribution in [0.1, 0.15) is 76.5 Å². The van der Waals surface area contributed by atoms with E-state index in [1.165, 1.54) is 16.1 Å². The summed E-state index contributed by atoms with van der Waals surface area (Å²) in [5.74, 6) is -0.265. The third-order valence-corrected chi connectivity index (χ3v) is 10.7. The topological polar surface area (TPSA) is 161 Å². The number of carbonyl (C=O) groups excluding carboxylic acids is 4. The number of nitrogens with zero attached hydrogens (tertiary/aromatic N) is 5. The van der Waals surface area contributed by atoms with E-state index in [2.05, 4.69) is 29.1 Å². The predicted molar refractivity (Wildman–Crippen MR) is 206 cm³/mol. The van der Waals surface area contributed by atoms with Gasteiger partial charge in [0.15, 0.2) is 6.10 Å². The Hall–Kier alpha value is -4.17.